The van der Waals surface area contributed by atoms with Crippen molar-refractivity contribution in [3.63, 3.8) is 0 Å². The number of rotatable bonds is 6. The number of nitrogens with one attached hydrogen (secondary N) is 1. The summed E-state index contributed by atoms with van der Waals surface area (Å²) < 4.78 is 40.6. The molecule has 2 aromatic rings. The summed E-state index contributed by atoms with van der Waals surface area (Å²) in [5, 5.41) is 0. The van der Waals surface area contributed by atoms with Crippen molar-refractivity contribution in [3.8, 4) is 0 Å². The molecule has 0 unspecified atom stereocenters. The number of aryl methyl sites for hydroxylation is 1. The molecule has 2 aromatic carbocycles. The van der Waals surface area contributed by atoms with E-state index in [-0.39, 0.29) is 11.4 Å². The van der Waals surface area contributed by atoms with Crippen LogP contribution in [0.3, 0.4) is 0 Å². The van der Waals surface area contributed by atoms with Crippen LogP contribution in [0.2, 0.25) is 0 Å². The van der Waals surface area contributed by atoms with Crippen molar-refractivity contribution >= 4 is 10.0 Å². The molecular weight excluding hydrogens is 315 g/mol. The first-order valence-corrected chi connectivity index (χ1v) is 8.75. The van der Waals surface area contributed by atoms with Gasteiger partial charge in [-0.05, 0) is 55.9 Å². The van der Waals surface area contributed by atoms with Crippen LogP contribution in [0.1, 0.15) is 16.7 Å². The van der Waals surface area contributed by atoms with Crippen molar-refractivity contribution in [1.82, 2.24) is 9.62 Å². The fourth-order valence-electron chi connectivity index (χ4n) is 2.39. The Kier molecular flexibility index (Phi) is 5.51. The Morgan fingerprint density at radius 1 is 1.09 bits per heavy atom. The van der Waals surface area contributed by atoms with E-state index in [1.165, 1.54) is 12.1 Å². The first kappa shape index (κ1) is 17.6. The van der Waals surface area contributed by atoms with Crippen LogP contribution >= 0.6 is 0 Å². The molecule has 1 N–H and O–H groups in total. The van der Waals surface area contributed by atoms with Crippen LogP contribution in [0.5, 0.6) is 0 Å². The van der Waals surface area contributed by atoms with Crippen molar-refractivity contribution in [2.24, 2.45) is 0 Å². The highest BCUT2D eigenvalue weighted by Crippen LogP contribution is 2.17. The van der Waals surface area contributed by atoms with Gasteiger partial charge in [0.15, 0.2) is 0 Å². The highest BCUT2D eigenvalue weighted by Gasteiger charge is 2.17. The Balaban J connectivity index is 2.20. The van der Waals surface area contributed by atoms with Gasteiger partial charge in [-0.25, -0.2) is 17.5 Å². The zero-order valence-electron chi connectivity index (χ0n) is 13.5. The van der Waals surface area contributed by atoms with E-state index in [1.54, 1.807) is 6.92 Å². The molecule has 0 aromatic heterocycles. The average molecular weight is 336 g/mol. The molecule has 0 aliphatic carbocycles. The van der Waals surface area contributed by atoms with Gasteiger partial charge in [-0.15, -0.1) is 0 Å². The highest BCUT2D eigenvalue weighted by molar-refractivity contribution is 7.89. The summed E-state index contributed by atoms with van der Waals surface area (Å²) in [5.41, 5.74) is 2.37. The van der Waals surface area contributed by atoms with Gasteiger partial charge in [-0.2, -0.15) is 0 Å². The minimum Gasteiger partial charge on any atom is -0.305 e. The van der Waals surface area contributed by atoms with Gasteiger partial charge >= 0.3 is 0 Å². The smallest absolute Gasteiger partial charge is 0.241 e. The van der Waals surface area contributed by atoms with E-state index in [0.717, 1.165) is 23.7 Å². The molecule has 0 saturated heterocycles. The molecule has 0 bridgehead atoms. The Labute approximate surface area is 137 Å². The summed E-state index contributed by atoms with van der Waals surface area (Å²) in [4.78, 5) is 2.13. The first-order valence-electron chi connectivity index (χ1n) is 7.27. The van der Waals surface area contributed by atoms with Gasteiger partial charge in [0.05, 0.1) is 4.90 Å². The van der Waals surface area contributed by atoms with Gasteiger partial charge in [-0.3, -0.25) is 0 Å². The molecule has 6 heteroatoms. The average Bonchev–Trinajstić information content (AvgIpc) is 2.45. The van der Waals surface area contributed by atoms with E-state index >= 15 is 0 Å². The number of hydrogen-bond donors (Lipinski definition) is 1. The SMILES string of the molecule is Cc1cc(F)ccc1S(=O)(=O)NCc1ccccc1CN(C)C. The lowest BCUT2D eigenvalue weighted by Crippen LogP contribution is -2.25. The van der Waals surface area contributed by atoms with Crippen LogP contribution in [0.25, 0.3) is 0 Å². The molecule has 0 saturated carbocycles. The van der Waals surface area contributed by atoms with Crippen LogP contribution in [0.15, 0.2) is 47.4 Å². The molecule has 2 rings (SSSR count). The van der Waals surface area contributed by atoms with Gasteiger partial charge in [0, 0.05) is 13.1 Å². The zero-order chi connectivity index (χ0) is 17.0. The molecule has 4 nitrogen and oxygen atoms in total. The minimum absolute atomic E-state index is 0.101. The molecule has 0 heterocycles. The monoisotopic (exact) mass is 336 g/mol. The van der Waals surface area contributed by atoms with Crippen LogP contribution in [0, 0.1) is 12.7 Å². The fourth-order valence-corrected chi connectivity index (χ4v) is 3.62. The highest BCUT2D eigenvalue weighted by atomic mass is 32.2. The molecule has 23 heavy (non-hydrogen) atoms. The summed E-state index contributed by atoms with van der Waals surface area (Å²) in [6, 6.07) is 11.4. The number of benzene rings is 2. The predicted molar refractivity (Wildman–Crippen MR) is 89.0 cm³/mol. The van der Waals surface area contributed by atoms with E-state index < -0.39 is 15.8 Å². The lowest BCUT2D eigenvalue weighted by atomic mass is 10.1. The zero-order valence-corrected chi connectivity index (χ0v) is 14.3. The third-order valence-corrected chi connectivity index (χ3v) is 5.05. The molecule has 0 aliphatic rings. The number of hydrogen-bond acceptors (Lipinski definition) is 3. The maximum Gasteiger partial charge on any atom is 0.241 e. The Bertz CT molecular complexity index is 789. The first-order chi connectivity index (χ1) is 10.8. The van der Waals surface area contributed by atoms with Crippen molar-refractivity contribution in [2.45, 2.75) is 24.9 Å². The topological polar surface area (TPSA) is 49.4 Å². The number of halogens is 1. The van der Waals surface area contributed by atoms with Gasteiger partial charge in [0.25, 0.3) is 0 Å². The normalized spacial score (nSPS) is 11.9. The second-order valence-electron chi connectivity index (χ2n) is 5.74. The van der Waals surface area contributed by atoms with Crippen LogP contribution in [-0.2, 0) is 23.1 Å². The van der Waals surface area contributed by atoms with E-state index in [0.29, 0.717) is 5.56 Å². The summed E-state index contributed by atoms with van der Waals surface area (Å²) in [6.07, 6.45) is 0. The molecule has 0 spiro atoms. The number of sulfonamides is 1. The predicted octanol–water partition coefficient (Wildman–Crippen LogP) is 2.67. The Morgan fingerprint density at radius 3 is 2.35 bits per heavy atom. The summed E-state index contributed by atoms with van der Waals surface area (Å²) in [7, 11) is 0.241. The minimum atomic E-state index is -3.68. The molecule has 0 amide bonds. The standard InChI is InChI=1S/C17H21FN2O2S/c1-13-10-16(18)8-9-17(13)23(21,22)19-11-14-6-4-5-7-15(14)12-20(2)3/h4-10,19H,11-12H2,1-3H3. The molecule has 124 valence electrons. The largest absolute Gasteiger partial charge is 0.305 e. The Hall–Kier alpha value is -1.76. The fraction of sp³-hybridized carbons (Fsp3) is 0.294. The van der Waals surface area contributed by atoms with E-state index in [9.17, 15) is 12.8 Å². The van der Waals surface area contributed by atoms with Crippen molar-refractivity contribution in [1.29, 1.82) is 0 Å². The maximum atomic E-state index is 13.1. The second-order valence-corrected chi connectivity index (χ2v) is 7.48. The third-order valence-electron chi connectivity index (χ3n) is 3.48. The molecule has 0 atom stereocenters. The second kappa shape index (κ2) is 7.21. The van der Waals surface area contributed by atoms with Crippen molar-refractivity contribution in [3.05, 3.63) is 65.0 Å². The molecular formula is C17H21FN2O2S. The lowest BCUT2D eigenvalue weighted by Gasteiger charge is -2.15. The summed E-state index contributed by atoms with van der Waals surface area (Å²) >= 11 is 0. The quantitative estimate of drug-likeness (QED) is 0.882. The molecule has 0 fully saturated rings. The van der Waals surface area contributed by atoms with Crippen molar-refractivity contribution in [2.75, 3.05) is 14.1 Å². The van der Waals surface area contributed by atoms with Crippen LogP contribution in [-0.4, -0.2) is 27.4 Å². The number of nitrogens with zero attached hydrogens (tertiary/aromatic N) is 1. The Morgan fingerprint density at radius 2 is 1.74 bits per heavy atom. The van der Waals surface area contributed by atoms with Gasteiger partial charge in [-0.1, -0.05) is 24.3 Å². The van der Waals surface area contributed by atoms with Gasteiger partial charge in [0.2, 0.25) is 10.0 Å². The molecule has 0 radical (unpaired) electrons. The van der Waals surface area contributed by atoms with E-state index in [2.05, 4.69) is 4.72 Å². The van der Waals surface area contributed by atoms with E-state index in [4.69, 9.17) is 0 Å². The summed E-state index contributed by atoms with van der Waals surface area (Å²) in [6.45, 7) is 2.51. The summed E-state index contributed by atoms with van der Waals surface area (Å²) in [5.74, 6) is -0.447. The van der Waals surface area contributed by atoms with Crippen LogP contribution < -0.4 is 4.72 Å². The van der Waals surface area contributed by atoms with Gasteiger partial charge in [0.1, 0.15) is 5.82 Å². The van der Waals surface area contributed by atoms with Crippen molar-refractivity contribution < 1.29 is 12.8 Å². The van der Waals surface area contributed by atoms with E-state index in [1.807, 2.05) is 43.3 Å². The molecule has 0 aliphatic heterocycles. The van der Waals surface area contributed by atoms with Gasteiger partial charge < -0.3 is 4.90 Å². The maximum absolute atomic E-state index is 13.1. The lowest BCUT2D eigenvalue weighted by molar-refractivity contribution is 0.400. The van der Waals surface area contributed by atoms with Crippen LogP contribution in [0.4, 0.5) is 4.39 Å². The third kappa shape index (κ3) is 4.60.